The van der Waals surface area contributed by atoms with Crippen molar-refractivity contribution in [2.75, 3.05) is 13.1 Å². The van der Waals surface area contributed by atoms with Crippen LogP contribution in [-0.4, -0.2) is 19.0 Å². The van der Waals surface area contributed by atoms with E-state index in [4.69, 9.17) is 5.73 Å². The molecule has 0 saturated heterocycles. The molecule has 0 unspecified atom stereocenters. The molecular weight excluding hydrogens is 232 g/mol. The van der Waals surface area contributed by atoms with Crippen molar-refractivity contribution in [2.24, 2.45) is 11.7 Å². The van der Waals surface area contributed by atoms with E-state index in [-0.39, 0.29) is 5.91 Å². The molecular formula is C13H16N2OS. The molecule has 1 amide bonds. The van der Waals surface area contributed by atoms with Gasteiger partial charge in [0.15, 0.2) is 0 Å². The summed E-state index contributed by atoms with van der Waals surface area (Å²) in [6.07, 6.45) is 2.49. The van der Waals surface area contributed by atoms with Gasteiger partial charge in [-0.15, -0.1) is 11.3 Å². The third kappa shape index (κ3) is 3.32. The molecule has 2 rings (SSSR count). The minimum atomic E-state index is 0.0193. The maximum Gasteiger partial charge on any atom is 0.261 e. The molecule has 1 aliphatic carbocycles. The van der Waals surface area contributed by atoms with Gasteiger partial charge in [-0.25, -0.2) is 0 Å². The second-order valence-electron chi connectivity index (χ2n) is 4.28. The molecule has 1 aliphatic rings. The van der Waals surface area contributed by atoms with E-state index >= 15 is 0 Å². The van der Waals surface area contributed by atoms with E-state index < -0.39 is 0 Å². The van der Waals surface area contributed by atoms with E-state index in [0.717, 1.165) is 21.9 Å². The van der Waals surface area contributed by atoms with E-state index in [9.17, 15) is 4.79 Å². The third-order valence-electron chi connectivity index (χ3n) is 2.69. The summed E-state index contributed by atoms with van der Waals surface area (Å²) in [5, 5.41) is 2.96. The Morgan fingerprint density at radius 2 is 2.41 bits per heavy atom. The number of carbonyl (C=O) groups excluding carboxylic acids is 1. The Balaban J connectivity index is 2.01. The maximum absolute atomic E-state index is 11.8. The number of nitrogens with one attached hydrogen (secondary N) is 1. The number of aryl methyl sites for hydroxylation is 1. The minimum Gasteiger partial charge on any atom is -0.351 e. The minimum absolute atomic E-state index is 0.0193. The molecule has 1 heterocycles. The zero-order chi connectivity index (χ0) is 12.3. The van der Waals surface area contributed by atoms with Gasteiger partial charge in [-0.2, -0.15) is 0 Å². The second kappa shape index (κ2) is 5.35. The number of hydrogen-bond acceptors (Lipinski definition) is 3. The molecule has 17 heavy (non-hydrogen) atoms. The van der Waals surface area contributed by atoms with Crippen molar-refractivity contribution in [2.45, 2.75) is 19.8 Å². The van der Waals surface area contributed by atoms with Crippen LogP contribution in [0.4, 0.5) is 0 Å². The fourth-order valence-electron chi connectivity index (χ4n) is 1.50. The molecule has 1 fully saturated rings. The highest BCUT2D eigenvalue weighted by Gasteiger charge is 2.22. The van der Waals surface area contributed by atoms with Gasteiger partial charge < -0.3 is 11.1 Å². The molecule has 3 nitrogen and oxygen atoms in total. The Hall–Kier alpha value is -1.31. The van der Waals surface area contributed by atoms with Crippen molar-refractivity contribution < 1.29 is 4.79 Å². The first-order valence-corrected chi connectivity index (χ1v) is 6.60. The molecule has 1 aromatic rings. The first-order chi connectivity index (χ1) is 8.20. The van der Waals surface area contributed by atoms with Crippen LogP contribution in [0.15, 0.2) is 6.07 Å². The zero-order valence-electron chi connectivity index (χ0n) is 9.88. The average molecular weight is 248 g/mol. The number of amides is 1. The first kappa shape index (κ1) is 12.2. The van der Waals surface area contributed by atoms with Crippen LogP contribution >= 0.6 is 11.3 Å². The molecule has 90 valence electrons. The maximum atomic E-state index is 11.8. The summed E-state index contributed by atoms with van der Waals surface area (Å²) in [6, 6.07) is 1.90. The zero-order valence-corrected chi connectivity index (χ0v) is 10.7. The number of carbonyl (C=O) groups is 1. The topological polar surface area (TPSA) is 55.1 Å². The van der Waals surface area contributed by atoms with Crippen LogP contribution in [-0.2, 0) is 0 Å². The van der Waals surface area contributed by atoms with Gasteiger partial charge in [-0.05, 0) is 37.3 Å². The summed E-state index contributed by atoms with van der Waals surface area (Å²) in [6.45, 7) is 3.12. The third-order valence-corrected chi connectivity index (χ3v) is 3.85. The fourth-order valence-corrected chi connectivity index (χ4v) is 2.46. The molecule has 0 aliphatic heterocycles. The Kier molecular flexibility index (Phi) is 3.82. The highest BCUT2D eigenvalue weighted by Crippen LogP contribution is 2.28. The van der Waals surface area contributed by atoms with Crippen LogP contribution in [0.5, 0.6) is 0 Å². The van der Waals surface area contributed by atoms with Crippen molar-refractivity contribution in [1.82, 2.24) is 5.32 Å². The fraction of sp³-hybridized carbons (Fsp3) is 0.462. The average Bonchev–Trinajstić information content (AvgIpc) is 3.07. The molecule has 0 atom stereocenters. The lowest BCUT2D eigenvalue weighted by Gasteiger charge is -2.00. The molecule has 0 bridgehead atoms. The van der Waals surface area contributed by atoms with Crippen LogP contribution in [0.1, 0.15) is 33.0 Å². The van der Waals surface area contributed by atoms with Crippen molar-refractivity contribution in [3.63, 3.8) is 0 Å². The SMILES string of the molecule is Cc1cc(C(=O)NCC2CC2)sc1C#CCN. The normalized spacial score (nSPS) is 14.0. The van der Waals surface area contributed by atoms with E-state index in [0.29, 0.717) is 12.5 Å². The summed E-state index contributed by atoms with van der Waals surface area (Å²) >= 11 is 1.44. The van der Waals surface area contributed by atoms with Crippen molar-refractivity contribution in [1.29, 1.82) is 0 Å². The molecule has 3 N–H and O–H groups in total. The number of rotatable bonds is 3. The molecule has 0 spiro atoms. The van der Waals surface area contributed by atoms with E-state index in [1.54, 1.807) is 0 Å². The Labute approximate surface area is 105 Å². The van der Waals surface area contributed by atoms with Gasteiger partial charge in [0, 0.05) is 6.54 Å². The second-order valence-corrected chi connectivity index (χ2v) is 5.33. The van der Waals surface area contributed by atoms with Gasteiger partial charge in [0.25, 0.3) is 5.91 Å². The largest absolute Gasteiger partial charge is 0.351 e. The molecule has 1 aromatic heterocycles. The highest BCUT2D eigenvalue weighted by atomic mass is 32.1. The summed E-state index contributed by atoms with van der Waals surface area (Å²) in [5.74, 6) is 6.53. The summed E-state index contributed by atoms with van der Waals surface area (Å²) in [5.41, 5.74) is 6.38. The van der Waals surface area contributed by atoms with Crippen LogP contribution in [0, 0.1) is 24.7 Å². The van der Waals surface area contributed by atoms with Crippen LogP contribution in [0.3, 0.4) is 0 Å². The predicted molar refractivity (Wildman–Crippen MR) is 70.0 cm³/mol. The first-order valence-electron chi connectivity index (χ1n) is 5.78. The lowest BCUT2D eigenvalue weighted by molar-refractivity contribution is 0.0956. The standard InChI is InChI=1S/C13H16N2OS/c1-9-7-12(17-11(9)3-2-6-14)13(16)15-8-10-4-5-10/h7,10H,4-6,8,14H2,1H3,(H,15,16). The number of hydrogen-bond donors (Lipinski definition) is 2. The Morgan fingerprint density at radius 1 is 1.65 bits per heavy atom. The summed E-state index contributed by atoms with van der Waals surface area (Å²) in [4.78, 5) is 13.5. The smallest absolute Gasteiger partial charge is 0.261 e. The van der Waals surface area contributed by atoms with Gasteiger partial charge in [0.05, 0.1) is 16.3 Å². The molecule has 0 radical (unpaired) electrons. The molecule has 0 aromatic carbocycles. The van der Waals surface area contributed by atoms with E-state index in [1.807, 2.05) is 13.0 Å². The quantitative estimate of drug-likeness (QED) is 0.797. The lowest BCUT2D eigenvalue weighted by Crippen LogP contribution is -2.24. The van der Waals surface area contributed by atoms with Gasteiger partial charge in [-0.1, -0.05) is 11.8 Å². The van der Waals surface area contributed by atoms with Crippen molar-refractivity contribution >= 4 is 17.2 Å². The van der Waals surface area contributed by atoms with Crippen LogP contribution in [0.2, 0.25) is 0 Å². The van der Waals surface area contributed by atoms with Gasteiger partial charge in [-0.3, -0.25) is 4.79 Å². The Bertz CT molecular complexity index is 477. The van der Waals surface area contributed by atoms with Crippen molar-refractivity contribution in [3.8, 4) is 11.8 Å². The monoisotopic (exact) mass is 248 g/mol. The molecule has 1 saturated carbocycles. The van der Waals surface area contributed by atoms with E-state index in [1.165, 1.54) is 24.2 Å². The van der Waals surface area contributed by atoms with E-state index in [2.05, 4.69) is 17.2 Å². The Morgan fingerprint density at radius 3 is 3.06 bits per heavy atom. The van der Waals surface area contributed by atoms with Gasteiger partial charge in [0.2, 0.25) is 0 Å². The van der Waals surface area contributed by atoms with Gasteiger partial charge in [0.1, 0.15) is 0 Å². The predicted octanol–water partition coefficient (Wildman–Crippen LogP) is 1.51. The number of nitrogens with two attached hydrogens (primary N) is 1. The number of thiophene rings is 1. The molecule has 4 heteroatoms. The van der Waals surface area contributed by atoms with Crippen LogP contribution < -0.4 is 11.1 Å². The summed E-state index contributed by atoms with van der Waals surface area (Å²) < 4.78 is 0. The highest BCUT2D eigenvalue weighted by molar-refractivity contribution is 7.14. The lowest BCUT2D eigenvalue weighted by atomic mass is 10.2. The van der Waals surface area contributed by atoms with Crippen LogP contribution in [0.25, 0.3) is 0 Å². The van der Waals surface area contributed by atoms with Gasteiger partial charge >= 0.3 is 0 Å². The summed E-state index contributed by atoms with van der Waals surface area (Å²) in [7, 11) is 0. The van der Waals surface area contributed by atoms with Crippen molar-refractivity contribution in [3.05, 3.63) is 21.4 Å².